The SMILES string of the molecule is CC(C)c1cc(N2CCN(c3ccccc3F)CC2)nc(SCc2ccc(C(=O)NCc3cccnc3)o2)n1. The third kappa shape index (κ3) is 6.75. The first-order chi connectivity index (χ1) is 19.0. The lowest BCUT2D eigenvalue weighted by Crippen LogP contribution is -2.47. The molecule has 39 heavy (non-hydrogen) atoms. The van der Waals surface area contributed by atoms with Crippen LogP contribution in [-0.4, -0.2) is 47.0 Å². The maximum Gasteiger partial charge on any atom is 0.287 e. The van der Waals surface area contributed by atoms with Crippen LogP contribution in [0, 0.1) is 5.82 Å². The summed E-state index contributed by atoms with van der Waals surface area (Å²) in [5, 5.41) is 3.51. The summed E-state index contributed by atoms with van der Waals surface area (Å²) in [6, 6.07) is 16.2. The lowest BCUT2D eigenvalue weighted by Gasteiger charge is -2.37. The summed E-state index contributed by atoms with van der Waals surface area (Å²) in [5.74, 6) is 2.08. The van der Waals surface area contributed by atoms with Gasteiger partial charge in [0.2, 0.25) is 0 Å². The second-order valence-electron chi connectivity index (χ2n) is 9.61. The molecule has 0 spiro atoms. The highest BCUT2D eigenvalue weighted by molar-refractivity contribution is 7.98. The summed E-state index contributed by atoms with van der Waals surface area (Å²) >= 11 is 1.48. The fourth-order valence-corrected chi connectivity index (χ4v) is 5.08. The van der Waals surface area contributed by atoms with E-state index in [1.54, 1.807) is 30.6 Å². The summed E-state index contributed by atoms with van der Waals surface area (Å²) < 4.78 is 20.1. The molecule has 1 saturated heterocycles. The summed E-state index contributed by atoms with van der Waals surface area (Å²) in [6.07, 6.45) is 3.41. The van der Waals surface area contributed by atoms with Crippen molar-refractivity contribution in [3.63, 3.8) is 0 Å². The van der Waals surface area contributed by atoms with Crippen molar-refractivity contribution in [1.29, 1.82) is 0 Å². The Morgan fingerprint density at radius 3 is 2.59 bits per heavy atom. The third-order valence-electron chi connectivity index (χ3n) is 6.51. The fraction of sp³-hybridized carbons (Fsp3) is 0.310. The molecular formula is C29H31FN6O2S. The van der Waals surface area contributed by atoms with Crippen molar-refractivity contribution in [1.82, 2.24) is 20.3 Å². The van der Waals surface area contributed by atoms with E-state index in [0.717, 1.165) is 30.2 Å². The number of nitrogens with zero attached hydrogens (tertiary/aromatic N) is 5. The molecule has 4 aromatic rings. The molecule has 5 rings (SSSR count). The zero-order valence-corrected chi connectivity index (χ0v) is 22.8. The van der Waals surface area contributed by atoms with E-state index < -0.39 is 0 Å². The lowest BCUT2D eigenvalue weighted by atomic mass is 10.1. The van der Waals surface area contributed by atoms with E-state index in [1.165, 1.54) is 17.8 Å². The van der Waals surface area contributed by atoms with E-state index in [2.05, 4.69) is 33.9 Å². The first-order valence-corrected chi connectivity index (χ1v) is 14.0. The molecular weight excluding hydrogens is 515 g/mol. The maximum absolute atomic E-state index is 14.3. The number of hydrogen-bond acceptors (Lipinski definition) is 8. The molecule has 1 fully saturated rings. The molecule has 0 atom stereocenters. The predicted octanol–water partition coefficient (Wildman–Crippen LogP) is 5.28. The number of benzene rings is 1. The number of piperazine rings is 1. The second-order valence-corrected chi connectivity index (χ2v) is 10.6. The molecule has 4 heterocycles. The molecule has 3 aromatic heterocycles. The van der Waals surface area contributed by atoms with Crippen LogP contribution in [0.15, 0.2) is 76.6 Å². The highest BCUT2D eigenvalue weighted by Crippen LogP contribution is 2.28. The number of halogens is 1. The van der Waals surface area contributed by atoms with Gasteiger partial charge in [0.05, 0.1) is 11.4 Å². The number of hydrogen-bond donors (Lipinski definition) is 1. The molecule has 202 valence electrons. The van der Waals surface area contributed by atoms with Gasteiger partial charge < -0.3 is 19.5 Å². The Kier molecular flexibility index (Phi) is 8.41. The number of thioether (sulfide) groups is 1. The number of carbonyl (C=O) groups excluding carboxylic acids is 1. The molecule has 1 amide bonds. The van der Waals surface area contributed by atoms with Gasteiger partial charge in [0, 0.05) is 56.9 Å². The van der Waals surface area contributed by atoms with Gasteiger partial charge in [-0.2, -0.15) is 0 Å². The smallest absolute Gasteiger partial charge is 0.287 e. The Morgan fingerprint density at radius 2 is 1.85 bits per heavy atom. The number of anilines is 2. The number of aromatic nitrogens is 3. The van der Waals surface area contributed by atoms with Crippen LogP contribution in [-0.2, 0) is 12.3 Å². The highest BCUT2D eigenvalue weighted by Gasteiger charge is 2.22. The Labute approximate surface area is 231 Å². The molecule has 1 aliphatic heterocycles. The van der Waals surface area contributed by atoms with Gasteiger partial charge in [-0.15, -0.1) is 0 Å². The summed E-state index contributed by atoms with van der Waals surface area (Å²) in [5.41, 5.74) is 2.52. The molecule has 8 nitrogen and oxygen atoms in total. The van der Waals surface area contributed by atoms with Crippen molar-refractivity contribution in [3.05, 3.63) is 95.6 Å². The van der Waals surface area contributed by atoms with Gasteiger partial charge in [-0.1, -0.05) is 43.8 Å². The Morgan fingerprint density at radius 1 is 1.05 bits per heavy atom. The minimum Gasteiger partial charge on any atom is -0.455 e. The van der Waals surface area contributed by atoms with E-state index in [9.17, 15) is 9.18 Å². The van der Waals surface area contributed by atoms with Crippen LogP contribution >= 0.6 is 11.8 Å². The summed E-state index contributed by atoms with van der Waals surface area (Å²) in [4.78, 5) is 30.4. The summed E-state index contributed by atoms with van der Waals surface area (Å²) in [6.45, 7) is 7.50. The Hall–Kier alpha value is -3.92. The minimum absolute atomic E-state index is 0.194. The number of pyridine rings is 1. The Balaban J connectivity index is 1.21. The molecule has 0 aliphatic carbocycles. The highest BCUT2D eigenvalue weighted by atomic mass is 32.2. The van der Waals surface area contributed by atoms with Crippen molar-refractivity contribution in [2.24, 2.45) is 0 Å². The average molecular weight is 547 g/mol. The van der Waals surface area contributed by atoms with E-state index in [0.29, 0.717) is 42.0 Å². The predicted molar refractivity (Wildman–Crippen MR) is 151 cm³/mol. The second kappa shape index (κ2) is 12.3. The van der Waals surface area contributed by atoms with Crippen molar-refractivity contribution >= 4 is 29.2 Å². The zero-order valence-electron chi connectivity index (χ0n) is 22.0. The first kappa shape index (κ1) is 26.7. The molecule has 1 aliphatic rings. The van der Waals surface area contributed by atoms with E-state index >= 15 is 0 Å². The van der Waals surface area contributed by atoms with Crippen molar-refractivity contribution < 1.29 is 13.6 Å². The number of para-hydroxylation sites is 1. The zero-order chi connectivity index (χ0) is 27.2. The van der Waals surface area contributed by atoms with Gasteiger partial charge in [0.25, 0.3) is 5.91 Å². The van der Waals surface area contributed by atoms with Crippen LogP contribution in [0.1, 0.15) is 47.3 Å². The molecule has 0 radical (unpaired) electrons. The number of nitrogens with one attached hydrogen (secondary N) is 1. The molecule has 10 heteroatoms. The van der Waals surface area contributed by atoms with Crippen molar-refractivity contribution in [2.45, 2.75) is 37.2 Å². The van der Waals surface area contributed by atoms with Gasteiger partial charge in [-0.25, -0.2) is 14.4 Å². The Bertz CT molecular complexity index is 1410. The van der Waals surface area contributed by atoms with E-state index in [-0.39, 0.29) is 23.4 Å². The fourth-order valence-electron chi connectivity index (χ4n) is 4.32. The number of furan rings is 1. The van der Waals surface area contributed by atoms with E-state index in [4.69, 9.17) is 14.4 Å². The normalized spacial score (nSPS) is 13.6. The quantitative estimate of drug-likeness (QED) is 0.224. The van der Waals surface area contributed by atoms with Gasteiger partial charge >= 0.3 is 0 Å². The molecule has 1 N–H and O–H groups in total. The molecule has 0 saturated carbocycles. The van der Waals surface area contributed by atoms with Crippen LogP contribution in [0.2, 0.25) is 0 Å². The van der Waals surface area contributed by atoms with E-state index in [1.807, 2.05) is 30.3 Å². The number of amides is 1. The van der Waals surface area contributed by atoms with Crippen molar-refractivity contribution in [3.8, 4) is 0 Å². The summed E-state index contributed by atoms with van der Waals surface area (Å²) in [7, 11) is 0. The van der Waals surface area contributed by atoms with Crippen LogP contribution in [0.3, 0.4) is 0 Å². The lowest BCUT2D eigenvalue weighted by molar-refractivity contribution is 0.0921. The largest absolute Gasteiger partial charge is 0.455 e. The van der Waals surface area contributed by atoms with Crippen LogP contribution in [0.5, 0.6) is 0 Å². The van der Waals surface area contributed by atoms with Gasteiger partial charge in [-0.3, -0.25) is 9.78 Å². The van der Waals surface area contributed by atoms with Gasteiger partial charge in [0.15, 0.2) is 10.9 Å². The van der Waals surface area contributed by atoms with Crippen LogP contribution < -0.4 is 15.1 Å². The minimum atomic E-state index is -0.273. The monoisotopic (exact) mass is 546 g/mol. The molecule has 1 aromatic carbocycles. The van der Waals surface area contributed by atoms with Gasteiger partial charge in [0.1, 0.15) is 17.4 Å². The molecule has 0 unspecified atom stereocenters. The maximum atomic E-state index is 14.3. The van der Waals surface area contributed by atoms with Crippen molar-refractivity contribution in [2.75, 3.05) is 36.0 Å². The van der Waals surface area contributed by atoms with Crippen LogP contribution in [0.25, 0.3) is 0 Å². The average Bonchev–Trinajstić information content (AvgIpc) is 3.45. The molecule has 0 bridgehead atoms. The van der Waals surface area contributed by atoms with Gasteiger partial charge in [-0.05, 0) is 41.8 Å². The third-order valence-corrected chi connectivity index (χ3v) is 7.37. The topological polar surface area (TPSA) is 87.4 Å². The number of carbonyl (C=O) groups is 1. The number of rotatable bonds is 9. The first-order valence-electron chi connectivity index (χ1n) is 13.0. The van der Waals surface area contributed by atoms with Crippen LogP contribution in [0.4, 0.5) is 15.9 Å². The standard InChI is InChI=1S/C29H31FN6O2S/c1-20(2)24-16-27(36-14-12-35(13-15-36)25-8-4-3-7-23(25)30)34-29(33-24)39-19-22-9-10-26(38-22)28(37)32-18-21-6-5-11-31-17-21/h3-11,16-17,20H,12-15,18-19H2,1-2H3,(H,32,37).